The van der Waals surface area contributed by atoms with E-state index < -0.39 is 0 Å². The maximum Gasteiger partial charge on any atom is 0.122 e. The van der Waals surface area contributed by atoms with Gasteiger partial charge in [0, 0.05) is 0 Å². The fraction of sp³-hybridized carbons (Fsp3) is 0.462. The molecule has 3 rings (SSSR count). The van der Waals surface area contributed by atoms with E-state index in [1.165, 1.54) is 66.3 Å². The fourth-order valence-electron chi connectivity index (χ4n) is 4.55. The Hall–Kier alpha value is -2.02. The molecule has 1 aliphatic carbocycles. The second kappa shape index (κ2) is 9.26. The van der Waals surface area contributed by atoms with Gasteiger partial charge in [0.2, 0.25) is 0 Å². The third-order valence-corrected chi connectivity index (χ3v) is 6.47. The lowest BCUT2D eigenvalue weighted by molar-refractivity contribution is 0.312. The Balaban J connectivity index is 1.66. The Bertz CT molecular complexity index is 762. The summed E-state index contributed by atoms with van der Waals surface area (Å²) in [5.41, 5.74) is 6.68. The van der Waals surface area contributed by atoms with E-state index in [9.17, 15) is 0 Å². The van der Waals surface area contributed by atoms with E-state index in [1.807, 2.05) is 0 Å². The highest BCUT2D eigenvalue weighted by Gasteiger charge is 2.22. The Morgan fingerprint density at radius 2 is 1.63 bits per heavy atom. The molecule has 2 aromatic rings. The Morgan fingerprint density at radius 3 is 2.26 bits per heavy atom. The van der Waals surface area contributed by atoms with Crippen LogP contribution in [0, 0.1) is 19.8 Å². The number of rotatable bonds is 6. The molecule has 0 unspecified atom stereocenters. The molecule has 1 saturated carbocycles. The van der Waals surface area contributed by atoms with Crippen LogP contribution in [0.5, 0.6) is 5.75 Å². The summed E-state index contributed by atoms with van der Waals surface area (Å²) in [6.07, 6.45) is 12.6. The Labute approximate surface area is 165 Å². The van der Waals surface area contributed by atoms with Crippen molar-refractivity contribution in [3.8, 4) is 16.9 Å². The maximum absolute atomic E-state index is 5.45. The molecule has 2 aromatic carbocycles. The average Bonchev–Trinajstić information content (AvgIpc) is 2.71. The molecule has 0 heterocycles. The van der Waals surface area contributed by atoms with Crippen LogP contribution in [-0.4, -0.2) is 7.11 Å². The zero-order valence-corrected chi connectivity index (χ0v) is 17.4. The van der Waals surface area contributed by atoms with Crippen LogP contribution >= 0.6 is 0 Å². The van der Waals surface area contributed by atoms with Crippen LogP contribution in [0.4, 0.5) is 0 Å². The first kappa shape index (κ1) is 19.7. The topological polar surface area (TPSA) is 9.23 Å². The lowest BCUT2D eigenvalue weighted by Crippen LogP contribution is -2.13. The van der Waals surface area contributed by atoms with E-state index in [4.69, 9.17) is 4.74 Å². The van der Waals surface area contributed by atoms with Gasteiger partial charge in [0.15, 0.2) is 0 Å². The van der Waals surface area contributed by atoms with Gasteiger partial charge >= 0.3 is 0 Å². The minimum absolute atomic E-state index is 0.746. The summed E-state index contributed by atoms with van der Waals surface area (Å²) >= 11 is 0. The van der Waals surface area contributed by atoms with E-state index >= 15 is 0 Å². The normalized spacial score (nSPS) is 20.1. The molecule has 1 nitrogen and oxygen atoms in total. The van der Waals surface area contributed by atoms with Crippen molar-refractivity contribution in [2.45, 2.75) is 65.2 Å². The molecule has 0 spiro atoms. The first-order valence-electron chi connectivity index (χ1n) is 10.5. The van der Waals surface area contributed by atoms with Crippen molar-refractivity contribution in [2.24, 2.45) is 5.92 Å². The van der Waals surface area contributed by atoms with E-state index in [2.05, 4.69) is 69.3 Å². The number of ether oxygens (including phenoxy) is 1. The van der Waals surface area contributed by atoms with Crippen molar-refractivity contribution >= 4 is 0 Å². The molecule has 0 bridgehead atoms. The SMILES string of the molecule is C/C=C/CCC1CCC(c2ccc(-c3ccc(OC)c(C)c3C)cc2)CC1. The highest BCUT2D eigenvalue weighted by molar-refractivity contribution is 5.70. The van der Waals surface area contributed by atoms with Gasteiger partial charge in [-0.15, -0.1) is 0 Å². The van der Waals surface area contributed by atoms with Crippen molar-refractivity contribution in [3.63, 3.8) is 0 Å². The van der Waals surface area contributed by atoms with Crippen molar-refractivity contribution in [1.82, 2.24) is 0 Å². The number of benzene rings is 2. The minimum Gasteiger partial charge on any atom is -0.496 e. The summed E-state index contributed by atoms with van der Waals surface area (Å²) in [5.74, 6) is 2.65. The van der Waals surface area contributed by atoms with E-state index in [1.54, 1.807) is 7.11 Å². The van der Waals surface area contributed by atoms with Crippen molar-refractivity contribution < 1.29 is 4.74 Å². The second-order valence-electron chi connectivity index (χ2n) is 8.05. The van der Waals surface area contributed by atoms with Crippen molar-refractivity contribution in [2.75, 3.05) is 7.11 Å². The summed E-state index contributed by atoms with van der Waals surface area (Å²) in [6.45, 7) is 6.45. The van der Waals surface area contributed by atoms with Crippen LogP contribution in [0.3, 0.4) is 0 Å². The van der Waals surface area contributed by atoms with E-state index in [-0.39, 0.29) is 0 Å². The highest BCUT2D eigenvalue weighted by atomic mass is 16.5. The average molecular weight is 363 g/mol. The summed E-state index contributed by atoms with van der Waals surface area (Å²) < 4.78 is 5.45. The number of hydrogen-bond acceptors (Lipinski definition) is 1. The van der Waals surface area contributed by atoms with Crippen LogP contribution < -0.4 is 4.74 Å². The van der Waals surface area contributed by atoms with Gasteiger partial charge in [0.05, 0.1) is 7.11 Å². The third-order valence-electron chi connectivity index (χ3n) is 6.47. The molecule has 1 heteroatoms. The van der Waals surface area contributed by atoms with Gasteiger partial charge in [-0.1, -0.05) is 42.5 Å². The van der Waals surface area contributed by atoms with Crippen molar-refractivity contribution in [3.05, 3.63) is 65.2 Å². The highest BCUT2D eigenvalue weighted by Crippen LogP contribution is 2.38. The monoisotopic (exact) mass is 362 g/mol. The molecule has 27 heavy (non-hydrogen) atoms. The van der Waals surface area contributed by atoms with Crippen LogP contribution in [-0.2, 0) is 0 Å². The maximum atomic E-state index is 5.45. The predicted octanol–water partition coefficient (Wildman–Crippen LogP) is 7.61. The smallest absolute Gasteiger partial charge is 0.122 e. The molecule has 0 N–H and O–H groups in total. The minimum atomic E-state index is 0.746. The molecule has 0 atom stereocenters. The van der Waals surface area contributed by atoms with E-state index in [0.717, 1.165) is 17.6 Å². The zero-order chi connectivity index (χ0) is 19.2. The largest absolute Gasteiger partial charge is 0.496 e. The molecule has 0 saturated heterocycles. The number of hydrogen-bond donors (Lipinski definition) is 0. The summed E-state index contributed by atoms with van der Waals surface area (Å²) in [6, 6.07) is 13.6. The summed E-state index contributed by atoms with van der Waals surface area (Å²) in [4.78, 5) is 0. The van der Waals surface area contributed by atoms with Gasteiger partial charge in [0.1, 0.15) is 5.75 Å². The van der Waals surface area contributed by atoms with Crippen molar-refractivity contribution in [1.29, 1.82) is 0 Å². The fourth-order valence-corrected chi connectivity index (χ4v) is 4.55. The predicted molar refractivity (Wildman–Crippen MR) is 117 cm³/mol. The third kappa shape index (κ3) is 4.64. The quantitative estimate of drug-likeness (QED) is 0.480. The van der Waals surface area contributed by atoms with Crippen LogP contribution in [0.15, 0.2) is 48.6 Å². The van der Waals surface area contributed by atoms with Gasteiger partial charge in [-0.25, -0.2) is 0 Å². The molecule has 1 aliphatic rings. The first-order chi connectivity index (χ1) is 13.1. The van der Waals surface area contributed by atoms with Crippen LogP contribution in [0.1, 0.15) is 68.1 Å². The Morgan fingerprint density at radius 1 is 0.926 bits per heavy atom. The lowest BCUT2D eigenvalue weighted by atomic mass is 9.77. The molecular weight excluding hydrogens is 328 g/mol. The number of allylic oxidation sites excluding steroid dienone is 2. The molecular formula is C26H34O. The lowest BCUT2D eigenvalue weighted by Gasteiger charge is -2.28. The van der Waals surface area contributed by atoms with Crippen LogP contribution in [0.2, 0.25) is 0 Å². The zero-order valence-electron chi connectivity index (χ0n) is 17.4. The van der Waals surface area contributed by atoms with Gasteiger partial charge in [-0.3, -0.25) is 0 Å². The van der Waals surface area contributed by atoms with Gasteiger partial charge < -0.3 is 4.74 Å². The van der Waals surface area contributed by atoms with E-state index in [0.29, 0.717) is 0 Å². The molecule has 0 aliphatic heterocycles. The van der Waals surface area contributed by atoms with Gasteiger partial charge in [0.25, 0.3) is 0 Å². The molecule has 0 radical (unpaired) electrons. The molecule has 0 aromatic heterocycles. The second-order valence-corrected chi connectivity index (χ2v) is 8.05. The number of methoxy groups -OCH3 is 1. The van der Waals surface area contributed by atoms with Gasteiger partial charge in [-0.2, -0.15) is 0 Å². The van der Waals surface area contributed by atoms with Crippen LogP contribution in [0.25, 0.3) is 11.1 Å². The summed E-state index contributed by atoms with van der Waals surface area (Å²) in [5, 5.41) is 0. The Kier molecular flexibility index (Phi) is 6.77. The molecule has 0 amide bonds. The standard InChI is InChI=1S/C26H34O/c1-5-6-7-8-21-9-11-22(12-10-21)23-13-15-24(16-14-23)25-17-18-26(27-4)20(3)19(25)2/h5-6,13-18,21-22H,7-12H2,1-4H3/b6-5+. The first-order valence-corrected chi connectivity index (χ1v) is 10.5. The molecule has 144 valence electrons. The van der Waals surface area contributed by atoms with Gasteiger partial charge in [-0.05, 0) is 105 Å². The summed E-state index contributed by atoms with van der Waals surface area (Å²) in [7, 11) is 1.74. The molecule has 1 fully saturated rings.